The molecule has 0 spiro atoms. The number of aromatic nitrogens is 3. The summed E-state index contributed by atoms with van der Waals surface area (Å²) < 4.78 is 1.80. The Balaban J connectivity index is 1.95. The lowest BCUT2D eigenvalue weighted by Gasteiger charge is -2.13. The lowest BCUT2D eigenvalue weighted by atomic mass is 9.99. The van der Waals surface area contributed by atoms with Gasteiger partial charge in [-0.1, -0.05) is 18.2 Å². The molecular weight excluding hydrogens is 236 g/mol. The van der Waals surface area contributed by atoms with Gasteiger partial charge in [-0.15, -0.1) is 0 Å². The maximum atomic E-state index is 6.33. The molecule has 3 aromatic rings. The molecule has 0 saturated heterocycles. The number of nitrogens with two attached hydrogens (primary N) is 1. The van der Waals surface area contributed by atoms with E-state index in [1.165, 1.54) is 0 Å². The SMILES string of the molecule is Cn1ccc(CC(N)c2ccnc3ccccc23)n1. The topological polar surface area (TPSA) is 56.7 Å². The molecule has 0 aliphatic carbocycles. The van der Waals surface area contributed by atoms with Crippen molar-refractivity contribution in [2.75, 3.05) is 0 Å². The fourth-order valence-electron chi connectivity index (χ4n) is 2.35. The molecule has 1 unspecified atom stereocenters. The van der Waals surface area contributed by atoms with Crippen molar-refractivity contribution in [3.05, 3.63) is 60.0 Å². The summed E-state index contributed by atoms with van der Waals surface area (Å²) in [6.07, 6.45) is 4.48. The van der Waals surface area contributed by atoms with E-state index in [0.29, 0.717) is 0 Å². The normalized spacial score (nSPS) is 12.7. The second-order valence-corrected chi connectivity index (χ2v) is 4.71. The number of hydrogen-bond donors (Lipinski definition) is 1. The van der Waals surface area contributed by atoms with Gasteiger partial charge in [0, 0.05) is 37.3 Å². The first-order valence-electron chi connectivity index (χ1n) is 6.32. The molecule has 0 aliphatic heterocycles. The molecule has 0 bridgehead atoms. The van der Waals surface area contributed by atoms with E-state index in [2.05, 4.69) is 16.1 Å². The molecule has 3 rings (SSSR count). The van der Waals surface area contributed by atoms with Crippen LogP contribution in [0.4, 0.5) is 0 Å². The molecule has 0 saturated carbocycles. The second kappa shape index (κ2) is 4.82. The van der Waals surface area contributed by atoms with E-state index in [0.717, 1.165) is 28.6 Å². The van der Waals surface area contributed by atoms with E-state index < -0.39 is 0 Å². The van der Waals surface area contributed by atoms with E-state index in [1.807, 2.05) is 49.8 Å². The monoisotopic (exact) mass is 252 g/mol. The predicted octanol–water partition coefficient (Wildman–Crippen LogP) is 2.21. The number of para-hydroxylation sites is 1. The third-order valence-corrected chi connectivity index (χ3v) is 3.28. The Kier molecular flexibility index (Phi) is 3.01. The molecule has 0 fully saturated rings. The zero-order valence-electron chi connectivity index (χ0n) is 10.8. The van der Waals surface area contributed by atoms with Crippen molar-refractivity contribution in [3.63, 3.8) is 0 Å². The largest absolute Gasteiger partial charge is 0.324 e. The highest BCUT2D eigenvalue weighted by atomic mass is 15.2. The zero-order valence-corrected chi connectivity index (χ0v) is 10.8. The first kappa shape index (κ1) is 11.9. The first-order chi connectivity index (χ1) is 9.24. The van der Waals surface area contributed by atoms with Crippen molar-refractivity contribution in [2.45, 2.75) is 12.5 Å². The zero-order chi connectivity index (χ0) is 13.2. The molecule has 2 heterocycles. The van der Waals surface area contributed by atoms with Gasteiger partial charge in [0.25, 0.3) is 0 Å². The van der Waals surface area contributed by atoms with Crippen LogP contribution in [0.1, 0.15) is 17.3 Å². The summed E-state index contributed by atoms with van der Waals surface area (Å²) in [6, 6.07) is 12.0. The van der Waals surface area contributed by atoms with Crippen molar-refractivity contribution < 1.29 is 0 Å². The van der Waals surface area contributed by atoms with Crippen LogP contribution in [0.15, 0.2) is 48.8 Å². The van der Waals surface area contributed by atoms with Crippen molar-refractivity contribution in [1.82, 2.24) is 14.8 Å². The van der Waals surface area contributed by atoms with E-state index in [1.54, 1.807) is 4.68 Å². The molecule has 96 valence electrons. The molecule has 0 amide bonds. The number of fused-ring (bicyclic) bond motifs is 1. The van der Waals surface area contributed by atoms with Crippen molar-refractivity contribution in [3.8, 4) is 0 Å². The smallest absolute Gasteiger partial charge is 0.0705 e. The molecular formula is C15H16N4. The van der Waals surface area contributed by atoms with Crippen molar-refractivity contribution >= 4 is 10.9 Å². The van der Waals surface area contributed by atoms with Crippen LogP contribution < -0.4 is 5.73 Å². The number of nitrogens with zero attached hydrogens (tertiary/aromatic N) is 3. The van der Waals surface area contributed by atoms with Crippen LogP contribution in [0.5, 0.6) is 0 Å². The summed E-state index contributed by atoms with van der Waals surface area (Å²) in [7, 11) is 1.91. The van der Waals surface area contributed by atoms with Crippen LogP contribution in [-0.2, 0) is 13.5 Å². The maximum absolute atomic E-state index is 6.33. The van der Waals surface area contributed by atoms with Gasteiger partial charge in [0.1, 0.15) is 0 Å². The Bertz CT molecular complexity index is 697. The van der Waals surface area contributed by atoms with Crippen LogP contribution in [0, 0.1) is 0 Å². The third-order valence-electron chi connectivity index (χ3n) is 3.28. The van der Waals surface area contributed by atoms with Gasteiger partial charge in [0.2, 0.25) is 0 Å². The van der Waals surface area contributed by atoms with Gasteiger partial charge in [-0.3, -0.25) is 9.67 Å². The summed E-state index contributed by atoms with van der Waals surface area (Å²) in [5.41, 5.74) is 9.44. The lowest BCUT2D eigenvalue weighted by Crippen LogP contribution is -2.14. The number of hydrogen-bond acceptors (Lipinski definition) is 3. The number of benzene rings is 1. The number of aryl methyl sites for hydroxylation is 1. The van der Waals surface area contributed by atoms with Gasteiger partial charge in [0.05, 0.1) is 11.2 Å². The Labute approximate surface area is 111 Å². The summed E-state index contributed by atoms with van der Waals surface area (Å²) in [5.74, 6) is 0. The summed E-state index contributed by atoms with van der Waals surface area (Å²) in [4.78, 5) is 4.36. The van der Waals surface area contributed by atoms with Gasteiger partial charge >= 0.3 is 0 Å². The van der Waals surface area contributed by atoms with Crippen LogP contribution in [0.25, 0.3) is 10.9 Å². The minimum Gasteiger partial charge on any atom is -0.324 e. The molecule has 2 aromatic heterocycles. The minimum absolute atomic E-state index is 0.0669. The highest BCUT2D eigenvalue weighted by Gasteiger charge is 2.12. The van der Waals surface area contributed by atoms with Crippen LogP contribution >= 0.6 is 0 Å². The Morgan fingerprint density at radius 3 is 2.84 bits per heavy atom. The lowest BCUT2D eigenvalue weighted by molar-refractivity contribution is 0.678. The van der Waals surface area contributed by atoms with Crippen LogP contribution in [-0.4, -0.2) is 14.8 Å². The average molecular weight is 252 g/mol. The molecule has 4 nitrogen and oxygen atoms in total. The summed E-state index contributed by atoms with van der Waals surface area (Å²) in [5, 5.41) is 5.50. The van der Waals surface area contributed by atoms with E-state index in [-0.39, 0.29) is 6.04 Å². The Hall–Kier alpha value is -2.20. The van der Waals surface area contributed by atoms with Gasteiger partial charge < -0.3 is 5.73 Å². The van der Waals surface area contributed by atoms with Crippen LogP contribution in [0.2, 0.25) is 0 Å². The number of rotatable bonds is 3. The molecule has 1 aromatic carbocycles. The molecule has 4 heteroatoms. The second-order valence-electron chi connectivity index (χ2n) is 4.71. The van der Waals surface area contributed by atoms with E-state index >= 15 is 0 Å². The van der Waals surface area contributed by atoms with E-state index in [4.69, 9.17) is 5.73 Å². The average Bonchev–Trinajstić information content (AvgIpc) is 2.83. The van der Waals surface area contributed by atoms with E-state index in [9.17, 15) is 0 Å². The van der Waals surface area contributed by atoms with Crippen LogP contribution in [0.3, 0.4) is 0 Å². The van der Waals surface area contributed by atoms with Gasteiger partial charge in [-0.05, 0) is 23.8 Å². The van der Waals surface area contributed by atoms with Gasteiger partial charge in [-0.25, -0.2) is 0 Å². The Morgan fingerprint density at radius 2 is 2.05 bits per heavy atom. The fraction of sp³-hybridized carbons (Fsp3) is 0.200. The maximum Gasteiger partial charge on any atom is 0.0705 e. The Morgan fingerprint density at radius 1 is 1.21 bits per heavy atom. The molecule has 0 radical (unpaired) electrons. The number of pyridine rings is 1. The highest BCUT2D eigenvalue weighted by molar-refractivity contribution is 5.82. The fourth-order valence-corrected chi connectivity index (χ4v) is 2.35. The summed E-state index contributed by atoms with van der Waals surface area (Å²) >= 11 is 0. The molecule has 1 atom stereocenters. The first-order valence-corrected chi connectivity index (χ1v) is 6.32. The molecule has 19 heavy (non-hydrogen) atoms. The summed E-state index contributed by atoms with van der Waals surface area (Å²) in [6.45, 7) is 0. The highest BCUT2D eigenvalue weighted by Crippen LogP contribution is 2.23. The standard InChI is InChI=1S/C15H16N4/c1-19-9-7-11(18-19)10-14(16)12-6-8-17-15-5-3-2-4-13(12)15/h2-9,14H,10,16H2,1H3. The van der Waals surface area contributed by atoms with Crippen molar-refractivity contribution in [1.29, 1.82) is 0 Å². The van der Waals surface area contributed by atoms with Gasteiger partial charge in [0.15, 0.2) is 0 Å². The molecule has 2 N–H and O–H groups in total. The van der Waals surface area contributed by atoms with Crippen molar-refractivity contribution in [2.24, 2.45) is 12.8 Å². The third kappa shape index (κ3) is 2.35. The minimum atomic E-state index is -0.0669. The predicted molar refractivity (Wildman–Crippen MR) is 75.6 cm³/mol. The molecule has 0 aliphatic rings. The van der Waals surface area contributed by atoms with Gasteiger partial charge in [-0.2, -0.15) is 5.10 Å². The quantitative estimate of drug-likeness (QED) is 0.777.